The smallest absolute Gasteiger partial charge is 0.274 e. The van der Waals surface area contributed by atoms with Crippen molar-refractivity contribution in [2.75, 3.05) is 30.5 Å². The van der Waals surface area contributed by atoms with E-state index in [2.05, 4.69) is 29.1 Å². The Morgan fingerprint density at radius 3 is 2.83 bits per heavy atom. The number of benzene rings is 2. The van der Waals surface area contributed by atoms with E-state index in [4.69, 9.17) is 10.5 Å². The minimum absolute atomic E-state index is 0.0350. The number of rotatable bonds is 7. The number of nitrogens with two attached hydrogens (primary N) is 1. The van der Waals surface area contributed by atoms with E-state index in [1.165, 1.54) is 31.5 Å². The molecule has 2 heterocycles. The number of hydrogen-bond acceptors (Lipinski definition) is 7. The van der Waals surface area contributed by atoms with Gasteiger partial charge < -0.3 is 25.8 Å². The van der Waals surface area contributed by atoms with Gasteiger partial charge in [-0.05, 0) is 48.2 Å². The third-order valence-corrected chi connectivity index (χ3v) is 6.21. The molecule has 2 atom stereocenters. The van der Waals surface area contributed by atoms with Crippen LogP contribution in [-0.2, 0) is 0 Å². The van der Waals surface area contributed by atoms with Crippen LogP contribution in [0.1, 0.15) is 42.2 Å². The maximum atomic E-state index is 14.5. The van der Waals surface area contributed by atoms with Crippen LogP contribution in [0.5, 0.6) is 5.75 Å². The molecule has 184 valence electrons. The molecule has 1 amide bonds. The number of nitrogens with zero attached hydrogens (tertiary/aromatic N) is 3. The van der Waals surface area contributed by atoms with E-state index in [0.717, 1.165) is 11.3 Å². The first-order valence-corrected chi connectivity index (χ1v) is 11.6. The fraction of sp³-hybridized carbons (Fsp3) is 0.346. The second-order valence-corrected chi connectivity index (χ2v) is 8.95. The maximum absolute atomic E-state index is 14.5. The van der Waals surface area contributed by atoms with Crippen molar-refractivity contribution in [2.24, 2.45) is 5.73 Å². The van der Waals surface area contributed by atoms with Crippen LogP contribution >= 0.6 is 0 Å². The summed E-state index contributed by atoms with van der Waals surface area (Å²) in [7, 11) is 1.43. The summed E-state index contributed by atoms with van der Waals surface area (Å²) in [5, 5.41) is 12.8. The van der Waals surface area contributed by atoms with Crippen molar-refractivity contribution in [1.82, 2.24) is 9.97 Å². The van der Waals surface area contributed by atoms with Gasteiger partial charge in [-0.25, -0.2) is 14.4 Å². The van der Waals surface area contributed by atoms with Gasteiger partial charge in [0.05, 0.1) is 36.7 Å². The van der Waals surface area contributed by atoms with Crippen molar-refractivity contribution in [3.8, 4) is 17.1 Å². The Bertz CT molecular complexity index is 1220. The maximum Gasteiger partial charge on any atom is 0.274 e. The molecule has 4 N–H and O–H groups in total. The number of amides is 1. The summed E-state index contributed by atoms with van der Waals surface area (Å²) in [6.45, 7) is 4.72. The van der Waals surface area contributed by atoms with Gasteiger partial charge in [-0.1, -0.05) is 26.0 Å². The second-order valence-electron chi connectivity index (χ2n) is 8.95. The Morgan fingerprint density at radius 2 is 2.11 bits per heavy atom. The number of aliphatic hydroxyl groups excluding tert-OH is 1. The number of carbonyl (C=O) groups is 1. The minimum atomic E-state index is -0.547. The highest BCUT2D eigenvalue weighted by Gasteiger charge is 2.31. The summed E-state index contributed by atoms with van der Waals surface area (Å²) in [4.78, 5) is 23.7. The van der Waals surface area contributed by atoms with Crippen LogP contribution in [0.3, 0.4) is 0 Å². The number of carbonyl (C=O) groups excluding carboxylic acids is 1. The average molecular weight is 480 g/mol. The Kier molecular flexibility index (Phi) is 7.28. The average Bonchev–Trinajstić information content (AvgIpc) is 3.24. The van der Waals surface area contributed by atoms with Crippen molar-refractivity contribution in [3.63, 3.8) is 0 Å². The molecule has 0 aliphatic carbocycles. The lowest BCUT2D eigenvalue weighted by Crippen LogP contribution is -2.34. The fourth-order valence-corrected chi connectivity index (χ4v) is 4.36. The minimum Gasteiger partial charge on any atom is -0.496 e. The van der Waals surface area contributed by atoms with Crippen molar-refractivity contribution in [1.29, 1.82) is 0 Å². The van der Waals surface area contributed by atoms with Gasteiger partial charge in [-0.2, -0.15) is 0 Å². The van der Waals surface area contributed by atoms with E-state index in [9.17, 15) is 14.3 Å². The molecular weight excluding hydrogens is 449 g/mol. The van der Waals surface area contributed by atoms with E-state index in [1.54, 1.807) is 6.07 Å². The van der Waals surface area contributed by atoms with E-state index < -0.39 is 11.7 Å². The number of hydrogen-bond donors (Lipinski definition) is 3. The molecule has 8 nitrogen and oxygen atoms in total. The molecule has 9 heteroatoms. The molecule has 0 saturated carbocycles. The van der Waals surface area contributed by atoms with Crippen molar-refractivity contribution in [3.05, 3.63) is 65.7 Å². The summed E-state index contributed by atoms with van der Waals surface area (Å²) in [6.07, 6.45) is 2.07. The zero-order valence-corrected chi connectivity index (χ0v) is 20.0. The van der Waals surface area contributed by atoms with Crippen molar-refractivity contribution >= 4 is 17.3 Å². The van der Waals surface area contributed by atoms with Crippen molar-refractivity contribution < 1.29 is 19.0 Å². The molecule has 35 heavy (non-hydrogen) atoms. The van der Waals surface area contributed by atoms with E-state index >= 15 is 0 Å². The highest BCUT2D eigenvalue weighted by atomic mass is 19.1. The van der Waals surface area contributed by atoms with Crippen LogP contribution in [0.2, 0.25) is 0 Å². The zero-order valence-electron chi connectivity index (χ0n) is 20.0. The molecule has 0 radical (unpaired) electrons. The van der Waals surface area contributed by atoms with Gasteiger partial charge in [0.1, 0.15) is 17.3 Å². The Balaban J connectivity index is 1.68. The number of aliphatic hydroxyl groups is 1. The highest BCUT2D eigenvalue weighted by molar-refractivity contribution is 6.05. The lowest BCUT2D eigenvalue weighted by atomic mass is 10.0. The van der Waals surface area contributed by atoms with Crippen LogP contribution in [0.4, 0.5) is 15.8 Å². The number of methoxy groups -OCH3 is 1. The molecule has 0 bridgehead atoms. The topological polar surface area (TPSA) is 114 Å². The molecule has 1 aromatic heterocycles. The highest BCUT2D eigenvalue weighted by Crippen LogP contribution is 2.35. The van der Waals surface area contributed by atoms with Gasteiger partial charge >= 0.3 is 0 Å². The molecule has 1 fully saturated rings. The molecule has 3 aromatic rings. The Hall–Kier alpha value is -3.56. The van der Waals surface area contributed by atoms with E-state index in [-0.39, 0.29) is 47.4 Å². The normalized spacial score (nSPS) is 17.6. The third-order valence-electron chi connectivity index (χ3n) is 6.21. The van der Waals surface area contributed by atoms with Crippen LogP contribution in [0, 0.1) is 5.82 Å². The van der Waals surface area contributed by atoms with Gasteiger partial charge in [-0.15, -0.1) is 0 Å². The van der Waals surface area contributed by atoms with Crippen LogP contribution in [0.25, 0.3) is 11.4 Å². The molecule has 4 rings (SSSR count). The van der Waals surface area contributed by atoms with Gasteiger partial charge in [-0.3, -0.25) is 4.79 Å². The van der Waals surface area contributed by atoms with Gasteiger partial charge in [0.2, 0.25) is 0 Å². The van der Waals surface area contributed by atoms with Gasteiger partial charge in [0.15, 0.2) is 5.82 Å². The first-order valence-electron chi connectivity index (χ1n) is 11.6. The number of anilines is 2. The van der Waals surface area contributed by atoms with Crippen LogP contribution in [-0.4, -0.2) is 53.3 Å². The van der Waals surface area contributed by atoms with Crippen LogP contribution < -0.4 is 20.7 Å². The first kappa shape index (κ1) is 24.6. The number of ether oxygens (including phenoxy) is 1. The molecule has 0 spiro atoms. The Labute approximate surface area is 204 Å². The second kappa shape index (κ2) is 10.4. The summed E-state index contributed by atoms with van der Waals surface area (Å²) in [5.41, 5.74) is 8.82. The van der Waals surface area contributed by atoms with Gasteiger partial charge in [0, 0.05) is 18.8 Å². The van der Waals surface area contributed by atoms with Gasteiger partial charge in [0.25, 0.3) is 5.91 Å². The molecule has 2 unspecified atom stereocenters. The molecular formula is C26H30FN5O3. The summed E-state index contributed by atoms with van der Waals surface area (Å²) in [6, 6.07) is 11.5. The Morgan fingerprint density at radius 1 is 1.31 bits per heavy atom. The van der Waals surface area contributed by atoms with E-state index in [0.29, 0.717) is 18.7 Å². The predicted octanol–water partition coefficient (Wildman–Crippen LogP) is 3.57. The largest absolute Gasteiger partial charge is 0.496 e. The first-order chi connectivity index (χ1) is 16.8. The molecule has 2 aromatic carbocycles. The number of nitrogens with one attached hydrogen (secondary N) is 1. The SMILES string of the molecule is COc1cccc(F)c1-c1nccc(C(=O)Nc2ccc(C(C)C)cc2N2CC(N)CC2CO)n1. The summed E-state index contributed by atoms with van der Waals surface area (Å²) in [5.74, 6) is -0.411. The summed E-state index contributed by atoms with van der Waals surface area (Å²) >= 11 is 0. The van der Waals surface area contributed by atoms with Crippen LogP contribution in [0.15, 0.2) is 48.7 Å². The monoisotopic (exact) mass is 479 g/mol. The standard InChI is InChI=1S/C26H30FN5O3/c1-15(2)16-7-8-20(22(11-16)32-13-17(28)12-18(32)14-33)31-26(34)21-9-10-29-25(30-21)24-19(27)5-4-6-23(24)35-3/h4-11,15,17-18,33H,12-14,28H2,1-3H3,(H,31,34). The molecule has 1 aliphatic heterocycles. The number of halogens is 1. The predicted molar refractivity (Wildman–Crippen MR) is 133 cm³/mol. The number of aromatic nitrogens is 2. The summed E-state index contributed by atoms with van der Waals surface area (Å²) < 4.78 is 19.8. The zero-order chi connectivity index (χ0) is 25.1. The van der Waals surface area contributed by atoms with E-state index in [1.807, 2.05) is 23.1 Å². The molecule has 1 aliphatic rings. The van der Waals surface area contributed by atoms with Crippen molar-refractivity contribution in [2.45, 2.75) is 38.3 Å². The lowest BCUT2D eigenvalue weighted by molar-refractivity contribution is 0.102. The fourth-order valence-electron chi connectivity index (χ4n) is 4.36. The lowest BCUT2D eigenvalue weighted by Gasteiger charge is -2.28. The quantitative estimate of drug-likeness (QED) is 0.475. The third kappa shape index (κ3) is 5.11. The molecule has 1 saturated heterocycles.